The number of hydrogen-bond donors (Lipinski definition) is 2. The zero-order chi connectivity index (χ0) is 16.7. The van der Waals surface area contributed by atoms with Crippen LogP contribution in [-0.4, -0.2) is 18.1 Å². The van der Waals surface area contributed by atoms with Crippen LogP contribution in [0.4, 0.5) is 5.69 Å². The number of amides is 1. The molecule has 1 aliphatic rings. The Balaban J connectivity index is 0.00000288. The minimum Gasteiger partial charge on any atom is -0.374 e. The van der Waals surface area contributed by atoms with E-state index in [1.807, 2.05) is 31.2 Å². The standard InChI is InChI=1S/C19H30N2O2.ClH/c1-14-5-3-8-18(11-14)23-13-16-6-4-7-17(12-16)21-19(22)10-9-15(2)20;/h4,6-7,12,14-15,18H,3,5,8-11,13,20H2,1-2H3,(H,21,22);1H. The molecule has 3 unspecified atom stereocenters. The summed E-state index contributed by atoms with van der Waals surface area (Å²) in [6.45, 7) is 4.83. The first kappa shape index (κ1) is 20.9. The van der Waals surface area contributed by atoms with Crippen molar-refractivity contribution in [3.63, 3.8) is 0 Å². The number of nitrogens with two attached hydrogens (primary N) is 1. The molecule has 0 spiro atoms. The molecular weight excluding hydrogens is 324 g/mol. The molecule has 1 aromatic carbocycles. The number of anilines is 1. The number of rotatable bonds is 7. The molecule has 2 rings (SSSR count). The van der Waals surface area contributed by atoms with E-state index in [4.69, 9.17) is 10.5 Å². The van der Waals surface area contributed by atoms with Crippen molar-refractivity contribution in [1.82, 2.24) is 0 Å². The zero-order valence-corrected chi connectivity index (χ0v) is 15.6. The van der Waals surface area contributed by atoms with Gasteiger partial charge in [0.25, 0.3) is 0 Å². The molecule has 136 valence electrons. The summed E-state index contributed by atoms with van der Waals surface area (Å²) in [6, 6.07) is 7.97. The van der Waals surface area contributed by atoms with Gasteiger partial charge in [0, 0.05) is 18.2 Å². The van der Waals surface area contributed by atoms with Crippen molar-refractivity contribution in [1.29, 1.82) is 0 Å². The van der Waals surface area contributed by atoms with Crippen LogP contribution in [0.5, 0.6) is 0 Å². The van der Waals surface area contributed by atoms with Crippen LogP contribution in [0, 0.1) is 5.92 Å². The minimum absolute atomic E-state index is 0. The van der Waals surface area contributed by atoms with Crippen LogP contribution < -0.4 is 11.1 Å². The fraction of sp³-hybridized carbons (Fsp3) is 0.632. The van der Waals surface area contributed by atoms with Gasteiger partial charge in [0.1, 0.15) is 0 Å². The van der Waals surface area contributed by atoms with Gasteiger partial charge in [-0.05, 0) is 49.8 Å². The highest BCUT2D eigenvalue weighted by Crippen LogP contribution is 2.26. The van der Waals surface area contributed by atoms with Gasteiger partial charge in [-0.25, -0.2) is 0 Å². The molecule has 1 aromatic rings. The first-order chi connectivity index (χ1) is 11.0. The first-order valence-corrected chi connectivity index (χ1v) is 8.79. The first-order valence-electron chi connectivity index (χ1n) is 8.79. The van der Waals surface area contributed by atoms with E-state index < -0.39 is 0 Å². The average Bonchev–Trinajstić information content (AvgIpc) is 2.51. The van der Waals surface area contributed by atoms with Crippen molar-refractivity contribution in [2.75, 3.05) is 5.32 Å². The Labute approximate surface area is 151 Å². The number of ether oxygens (including phenoxy) is 1. The van der Waals surface area contributed by atoms with Crippen LogP contribution in [0.25, 0.3) is 0 Å². The third-order valence-electron chi connectivity index (χ3n) is 4.41. The van der Waals surface area contributed by atoms with E-state index in [2.05, 4.69) is 12.2 Å². The summed E-state index contributed by atoms with van der Waals surface area (Å²) in [4.78, 5) is 11.9. The maximum absolute atomic E-state index is 11.9. The molecule has 0 heterocycles. The monoisotopic (exact) mass is 354 g/mol. The van der Waals surface area contributed by atoms with E-state index in [-0.39, 0.29) is 24.4 Å². The molecule has 1 fully saturated rings. The Morgan fingerprint density at radius 1 is 1.42 bits per heavy atom. The predicted octanol–water partition coefficient (Wildman–Crippen LogP) is 4.27. The molecule has 4 nitrogen and oxygen atoms in total. The summed E-state index contributed by atoms with van der Waals surface area (Å²) >= 11 is 0. The molecule has 0 aliphatic heterocycles. The summed E-state index contributed by atoms with van der Waals surface area (Å²) in [7, 11) is 0. The number of halogens is 1. The Morgan fingerprint density at radius 2 is 2.21 bits per heavy atom. The van der Waals surface area contributed by atoms with E-state index >= 15 is 0 Å². The molecule has 1 amide bonds. The Kier molecular flexibility index (Phi) is 9.34. The van der Waals surface area contributed by atoms with E-state index in [1.165, 1.54) is 12.8 Å². The van der Waals surface area contributed by atoms with Gasteiger partial charge in [-0.1, -0.05) is 31.9 Å². The largest absolute Gasteiger partial charge is 0.374 e. The minimum atomic E-state index is 0. The van der Waals surface area contributed by atoms with Crippen molar-refractivity contribution in [2.24, 2.45) is 11.7 Å². The molecule has 3 N–H and O–H groups in total. The van der Waals surface area contributed by atoms with E-state index in [0.29, 0.717) is 25.6 Å². The molecule has 3 atom stereocenters. The third-order valence-corrected chi connectivity index (χ3v) is 4.41. The van der Waals surface area contributed by atoms with Gasteiger partial charge in [-0.3, -0.25) is 4.79 Å². The summed E-state index contributed by atoms with van der Waals surface area (Å²) in [6.07, 6.45) is 6.45. The third kappa shape index (κ3) is 7.65. The van der Waals surface area contributed by atoms with Crippen molar-refractivity contribution in [3.05, 3.63) is 29.8 Å². The topological polar surface area (TPSA) is 64.4 Å². The normalized spacial score (nSPS) is 21.6. The van der Waals surface area contributed by atoms with Gasteiger partial charge >= 0.3 is 0 Å². The van der Waals surface area contributed by atoms with Gasteiger partial charge < -0.3 is 15.8 Å². The van der Waals surface area contributed by atoms with Gasteiger partial charge in [-0.2, -0.15) is 0 Å². The van der Waals surface area contributed by atoms with Crippen LogP contribution in [0.2, 0.25) is 0 Å². The number of carbonyl (C=O) groups excluding carboxylic acids is 1. The Bertz CT molecular complexity index is 508. The molecular formula is C19H31ClN2O2. The highest BCUT2D eigenvalue weighted by Gasteiger charge is 2.19. The van der Waals surface area contributed by atoms with Gasteiger partial charge in [0.15, 0.2) is 0 Å². The lowest BCUT2D eigenvalue weighted by atomic mass is 9.89. The van der Waals surface area contributed by atoms with Gasteiger partial charge in [-0.15, -0.1) is 12.4 Å². The second-order valence-corrected chi connectivity index (χ2v) is 6.97. The smallest absolute Gasteiger partial charge is 0.224 e. The molecule has 0 aromatic heterocycles. The van der Waals surface area contributed by atoms with E-state index in [1.54, 1.807) is 0 Å². The van der Waals surface area contributed by atoms with Crippen LogP contribution in [0.3, 0.4) is 0 Å². The number of carbonyl (C=O) groups is 1. The van der Waals surface area contributed by atoms with Crippen LogP contribution >= 0.6 is 12.4 Å². The fourth-order valence-electron chi connectivity index (χ4n) is 3.07. The second-order valence-electron chi connectivity index (χ2n) is 6.97. The molecule has 0 bridgehead atoms. The Hall–Kier alpha value is -1.10. The molecule has 24 heavy (non-hydrogen) atoms. The summed E-state index contributed by atoms with van der Waals surface area (Å²) < 4.78 is 6.05. The van der Waals surface area contributed by atoms with Crippen molar-refractivity contribution in [3.8, 4) is 0 Å². The lowest BCUT2D eigenvalue weighted by molar-refractivity contribution is -0.116. The number of hydrogen-bond acceptors (Lipinski definition) is 3. The molecule has 5 heteroatoms. The van der Waals surface area contributed by atoms with Crippen molar-refractivity contribution in [2.45, 2.75) is 71.1 Å². The van der Waals surface area contributed by atoms with Crippen molar-refractivity contribution < 1.29 is 9.53 Å². The quantitative estimate of drug-likeness (QED) is 0.768. The second kappa shape index (κ2) is 10.7. The van der Waals surface area contributed by atoms with Crippen LogP contribution in [-0.2, 0) is 16.1 Å². The fourth-order valence-corrected chi connectivity index (χ4v) is 3.07. The van der Waals surface area contributed by atoms with Gasteiger partial charge in [0.2, 0.25) is 5.91 Å². The summed E-state index contributed by atoms with van der Waals surface area (Å²) in [5, 5.41) is 2.93. The molecule has 0 radical (unpaired) electrons. The number of benzene rings is 1. The predicted molar refractivity (Wildman–Crippen MR) is 101 cm³/mol. The zero-order valence-electron chi connectivity index (χ0n) is 14.8. The maximum atomic E-state index is 11.9. The van der Waals surface area contributed by atoms with Gasteiger partial charge in [0.05, 0.1) is 12.7 Å². The van der Waals surface area contributed by atoms with Crippen LogP contribution in [0.1, 0.15) is 57.9 Å². The Morgan fingerprint density at radius 3 is 2.92 bits per heavy atom. The van der Waals surface area contributed by atoms with E-state index in [9.17, 15) is 4.79 Å². The lowest BCUT2D eigenvalue weighted by Crippen LogP contribution is -2.21. The van der Waals surface area contributed by atoms with Crippen LogP contribution in [0.15, 0.2) is 24.3 Å². The molecule has 0 saturated heterocycles. The highest BCUT2D eigenvalue weighted by atomic mass is 35.5. The lowest BCUT2D eigenvalue weighted by Gasteiger charge is -2.26. The highest BCUT2D eigenvalue weighted by molar-refractivity contribution is 5.90. The molecule has 1 aliphatic carbocycles. The number of nitrogens with one attached hydrogen (secondary N) is 1. The summed E-state index contributed by atoms with van der Waals surface area (Å²) in [5.74, 6) is 0.783. The average molecular weight is 355 g/mol. The molecule has 1 saturated carbocycles. The van der Waals surface area contributed by atoms with Crippen molar-refractivity contribution >= 4 is 24.0 Å². The van der Waals surface area contributed by atoms with E-state index in [0.717, 1.165) is 30.0 Å². The maximum Gasteiger partial charge on any atom is 0.224 e. The SMILES string of the molecule is CC(N)CCC(=O)Nc1cccc(COC2CCCC(C)C2)c1.Cl. The summed E-state index contributed by atoms with van der Waals surface area (Å²) in [5.41, 5.74) is 7.62.